The molecule has 0 bridgehead atoms. The van der Waals surface area contributed by atoms with Crippen molar-refractivity contribution in [2.45, 2.75) is 0 Å². The third-order valence-electron chi connectivity index (χ3n) is 3.35. The summed E-state index contributed by atoms with van der Waals surface area (Å²) in [5.74, 6) is 0.544. The zero-order valence-corrected chi connectivity index (χ0v) is 11.3. The SMILES string of the molecule is O=C(c1ccc(=O)oc1)N1CCN(c2ncccn2)CC1. The number of nitrogens with zero attached hydrogens (tertiary/aromatic N) is 4. The lowest BCUT2D eigenvalue weighted by atomic mass is 10.2. The van der Waals surface area contributed by atoms with Gasteiger partial charge < -0.3 is 14.2 Å². The lowest BCUT2D eigenvalue weighted by Gasteiger charge is -2.34. The van der Waals surface area contributed by atoms with Crippen molar-refractivity contribution in [3.05, 3.63) is 52.8 Å². The summed E-state index contributed by atoms with van der Waals surface area (Å²) in [6.07, 6.45) is 4.61. The first-order valence-electron chi connectivity index (χ1n) is 6.64. The second kappa shape index (κ2) is 5.74. The zero-order chi connectivity index (χ0) is 14.7. The molecule has 3 rings (SSSR count). The topological polar surface area (TPSA) is 79.5 Å². The van der Waals surface area contributed by atoms with Crippen LogP contribution < -0.4 is 10.5 Å². The first kappa shape index (κ1) is 13.3. The molecule has 0 saturated carbocycles. The maximum Gasteiger partial charge on any atom is 0.335 e. The van der Waals surface area contributed by atoms with E-state index in [0.717, 1.165) is 0 Å². The number of carbonyl (C=O) groups is 1. The van der Waals surface area contributed by atoms with Crippen molar-refractivity contribution in [1.29, 1.82) is 0 Å². The van der Waals surface area contributed by atoms with Crippen molar-refractivity contribution in [2.75, 3.05) is 31.1 Å². The predicted molar refractivity (Wildman–Crippen MR) is 75.1 cm³/mol. The molecule has 1 fully saturated rings. The number of piperazine rings is 1. The van der Waals surface area contributed by atoms with E-state index >= 15 is 0 Å². The summed E-state index contributed by atoms with van der Waals surface area (Å²) in [5.41, 5.74) is -0.0726. The molecular formula is C14H14N4O3. The molecule has 1 saturated heterocycles. The molecule has 7 heteroatoms. The van der Waals surface area contributed by atoms with Crippen LogP contribution in [0.3, 0.4) is 0 Å². The fourth-order valence-electron chi connectivity index (χ4n) is 2.23. The summed E-state index contributed by atoms with van der Waals surface area (Å²) in [7, 11) is 0. The molecule has 2 aromatic rings. The molecule has 21 heavy (non-hydrogen) atoms. The molecule has 1 aliphatic heterocycles. The van der Waals surface area contributed by atoms with Crippen LogP contribution in [-0.2, 0) is 0 Å². The van der Waals surface area contributed by atoms with Crippen LogP contribution in [0.4, 0.5) is 5.95 Å². The number of amides is 1. The van der Waals surface area contributed by atoms with E-state index in [1.165, 1.54) is 18.4 Å². The standard InChI is InChI=1S/C14H14N4O3/c19-12-3-2-11(10-21-12)13(20)17-6-8-18(9-7-17)14-15-4-1-5-16-14/h1-5,10H,6-9H2. The van der Waals surface area contributed by atoms with Gasteiger partial charge >= 0.3 is 5.63 Å². The number of aromatic nitrogens is 2. The van der Waals surface area contributed by atoms with Crippen molar-refractivity contribution >= 4 is 11.9 Å². The molecule has 1 aliphatic rings. The van der Waals surface area contributed by atoms with Crippen molar-refractivity contribution in [1.82, 2.24) is 14.9 Å². The van der Waals surface area contributed by atoms with Crippen molar-refractivity contribution < 1.29 is 9.21 Å². The van der Waals surface area contributed by atoms with E-state index in [-0.39, 0.29) is 5.91 Å². The number of carbonyl (C=O) groups excluding carboxylic acids is 1. The Morgan fingerprint density at radius 1 is 1.10 bits per heavy atom. The Balaban J connectivity index is 1.64. The minimum absolute atomic E-state index is 0.132. The Morgan fingerprint density at radius 3 is 2.43 bits per heavy atom. The van der Waals surface area contributed by atoms with Crippen molar-refractivity contribution in [3.8, 4) is 0 Å². The molecule has 0 unspecified atom stereocenters. The van der Waals surface area contributed by atoms with Crippen molar-refractivity contribution in [2.24, 2.45) is 0 Å². The Hall–Kier alpha value is -2.70. The first-order valence-corrected chi connectivity index (χ1v) is 6.64. The maximum atomic E-state index is 12.3. The van der Waals surface area contributed by atoms with E-state index in [1.807, 2.05) is 4.90 Å². The Kier molecular flexibility index (Phi) is 3.63. The number of hydrogen-bond donors (Lipinski definition) is 0. The zero-order valence-electron chi connectivity index (χ0n) is 11.3. The first-order chi connectivity index (χ1) is 10.2. The van der Waals surface area contributed by atoms with Gasteiger partial charge in [-0.05, 0) is 12.1 Å². The fraction of sp³-hybridized carbons (Fsp3) is 0.286. The molecule has 0 aliphatic carbocycles. The van der Waals surface area contributed by atoms with Gasteiger partial charge in [0.15, 0.2) is 0 Å². The van der Waals surface area contributed by atoms with E-state index in [2.05, 4.69) is 9.97 Å². The Morgan fingerprint density at radius 2 is 1.81 bits per heavy atom. The average molecular weight is 286 g/mol. The van der Waals surface area contributed by atoms with Crippen LogP contribution in [0.15, 0.2) is 46.1 Å². The monoisotopic (exact) mass is 286 g/mol. The van der Waals surface area contributed by atoms with Crippen LogP contribution in [0, 0.1) is 0 Å². The third kappa shape index (κ3) is 2.91. The number of hydrogen-bond acceptors (Lipinski definition) is 6. The molecule has 2 aromatic heterocycles. The van der Waals surface area contributed by atoms with Crippen LogP contribution in [0.25, 0.3) is 0 Å². The quantitative estimate of drug-likeness (QED) is 0.794. The van der Waals surface area contributed by atoms with Gasteiger partial charge in [-0.25, -0.2) is 14.8 Å². The molecular weight excluding hydrogens is 272 g/mol. The van der Waals surface area contributed by atoms with E-state index in [1.54, 1.807) is 23.4 Å². The highest BCUT2D eigenvalue weighted by Gasteiger charge is 2.23. The third-order valence-corrected chi connectivity index (χ3v) is 3.35. The lowest BCUT2D eigenvalue weighted by Crippen LogP contribution is -2.49. The van der Waals surface area contributed by atoms with E-state index in [4.69, 9.17) is 4.42 Å². The van der Waals surface area contributed by atoms with Gasteiger partial charge in [-0.3, -0.25) is 4.79 Å². The van der Waals surface area contributed by atoms with Crippen LogP contribution in [0.5, 0.6) is 0 Å². The average Bonchev–Trinajstić information content (AvgIpc) is 2.56. The molecule has 0 aromatic carbocycles. The largest absolute Gasteiger partial charge is 0.430 e. The summed E-state index contributed by atoms with van der Waals surface area (Å²) in [6.45, 7) is 2.51. The van der Waals surface area contributed by atoms with E-state index in [9.17, 15) is 9.59 Å². The maximum absolute atomic E-state index is 12.3. The highest BCUT2D eigenvalue weighted by atomic mass is 16.4. The molecule has 3 heterocycles. The van der Waals surface area contributed by atoms with Gasteiger partial charge in [0.05, 0.1) is 5.56 Å². The highest BCUT2D eigenvalue weighted by Crippen LogP contribution is 2.12. The second-order valence-corrected chi connectivity index (χ2v) is 4.67. The predicted octanol–water partition coefficient (Wildman–Crippen LogP) is 0.392. The van der Waals surface area contributed by atoms with Gasteiger partial charge in [-0.2, -0.15) is 0 Å². The van der Waals surface area contributed by atoms with E-state index in [0.29, 0.717) is 37.7 Å². The smallest absolute Gasteiger partial charge is 0.335 e. The van der Waals surface area contributed by atoms with Crippen molar-refractivity contribution in [3.63, 3.8) is 0 Å². The Labute approximate surface area is 120 Å². The van der Waals surface area contributed by atoms with Gasteiger partial charge in [0, 0.05) is 44.6 Å². The highest BCUT2D eigenvalue weighted by molar-refractivity contribution is 5.93. The van der Waals surface area contributed by atoms with Crippen LogP contribution in [0.1, 0.15) is 10.4 Å². The summed E-state index contributed by atoms with van der Waals surface area (Å²) in [5, 5.41) is 0. The molecule has 7 nitrogen and oxygen atoms in total. The molecule has 1 amide bonds. The van der Waals surface area contributed by atoms with Gasteiger partial charge in [0.2, 0.25) is 5.95 Å². The van der Waals surface area contributed by atoms with Gasteiger partial charge in [0.25, 0.3) is 5.91 Å². The van der Waals surface area contributed by atoms with Crippen LogP contribution >= 0.6 is 0 Å². The summed E-state index contributed by atoms with van der Waals surface area (Å²) >= 11 is 0. The van der Waals surface area contributed by atoms with E-state index < -0.39 is 5.63 Å². The number of rotatable bonds is 2. The van der Waals surface area contributed by atoms with Gasteiger partial charge in [0.1, 0.15) is 6.26 Å². The molecule has 0 radical (unpaired) electrons. The minimum atomic E-state index is -0.461. The molecule has 108 valence electrons. The molecule has 0 spiro atoms. The molecule has 0 atom stereocenters. The van der Waals surface area contributed by atoms with Gasteiger partial charge in [-0.1, -0.05) is 0 Å². The summed E-state index contributed by atoms with van der Waals surface area (Å²) < 4.78 is 4.73. The minimum Gasteiger partial charge on any atom is -0.430 e. The van der Waals surface area contributed by atoms with Crippen LogP contribution in [0.2, 0.25) is 0 Å². The summed E-state index contributed by atoms with van der Waals surface area (Å²) in [4.78, 5) is 35.3. The Bertz CT molecular complexity index is 658. The fourth-order valence-corrected chi connectivity index (χ4v) is 2.23. The second-order valence-electron chi connectivity index (χ2n) is 4.67. The number of anilines is 1. The van der Waals surface area contributed by atoms with Crippen LogP contribution in [-0.4, -0.2) is 47.0 Å². The normalized spacial score (nSPS) is 15.0. The lowest BCUT2D eigenvalue weighted by molar-refractivity contribution is 0.0743. The summed E-state index contributed by atoms with van der Waals surface area (Å²) in [6, 6.07) is 4.51. The van der Waals surface area contributed by atoms with Gasteiger partial charge in [-0.15, -0.1) is 0 Å². The molecule has 0 N–H and O–H groups in total.